The van der Waals surface area contributed by atoms with Gasteiger partial charge in [-0.25, -0.2) is 4.39 Å². The molecule has 1 aliphatic rings. The Kier molecular flexibility index (Phi) is 4.14. The molecule has 1 aromatic carbocycles. The van der Waals surface area contributed by atoms with E-state index in [1.54, 1.807) is 17.0 Å². The lowest BCUT2D eigenvalue weighted by Crippen LogP contribution is -2.42. The molecule has 120 valence electrons. The van der Waals surface area contributed by atoms with Crippen LogP contribution in [0.4, 0.5) is 4.39 Å². The van der Waals surface area contributed by atoms with E-state index in [9.17, 15) is 14.0 Å². The molecule has 2 aromatic rings. The van der Waals surface area contributed by atoms with Crippen molar-refractivity contribution in [1.82, 2.24) is 9.47 Å². The summed E-state index contributed by atoms with van der Waals surface area (Å²) < 4.78 is 15.7. The fourth-order valence-electron chi connectivity index (χ4n) is 3.04. The van der Waals surface area contributed by atoms with Crippen molar-refractivity contribution in [1.29, 1.82) is 0 Å². The quantitative estimate of drug-likeness (QED) is 0.942. The number of aromatic nitrogens is 1. The van der Waals surface area contributed by atoms with Crippen LogP contribution >= 0.6 is 0 Å². The van der Waals surface area contributed by atoms with Crippen molar-refractivity contribution in [2.75, 3.05) is 6.54 Å². The number of halogens is 1. The average Bonchev–Trinajstić information content (AvgIpc) is 3.00. The highest BCUT2D eigenvalue weighted by Gasteiger charge is 2.32. The molecule has 1 atom stereocenters. The third kappa shape index (κ3) is 3.11. The predicted molar refractivity (Wildman–Crippen MR) is 81.3 cm³/mol. The smallest absolute Gasteiger partial charge is 0.303 e. The number of hydrogen-bond acceptors (Lipinski definition) is 2. The summed E-state index contributed by atoms with van der Waals surface area (Å²) in [6.45, 7) is 1.12. The number of carbonyl (C=O) groups is 2. The lowest BCUT2D eigenvalue weighted by molar-refractivity contribution is -0.141. The minimum Gasteiger partial charge on any atom is -0.481 e. The molecular weight excluding hydrogens is 299 g/mol. The molecule has 1 amide bonds. The van der Waals surface area contributed by atoms with Gasteiger partial charge >= 0.3 is 5.97 Å². The number of carboxylic acid groups (broad SMARTS) is 1. The Morgan fingerprint density at radius 1 is 1.17 bits per heavy atom. The van der Waals surface area contributed by atoms with Gasteiger partial charge in [0.1, 0.15) is 5.82 Å². The molecule has 1 aliphatic heterocycles. The standard InChI is InChI=1S/C17H17FN2O3/c18-13-4-1-3-12(11-13)17-14-5-2-8-19(14)9-10-20(17)15(21)6-7-16(22)23/h1-5,8,11,17H,6-7,9-10H2,(H,22,23)/t17-/m0/s1. The number of carboxylic acids is 1. The molecule has 0 bridgehead atoms. The number of benzene rings is 1. The van der Waals surface area contributed by atoms with Crippen LogP contribution in [-0.4, -0.2) is 33.0 Å². The molecule has 5 nitrogen and oxygen atoms in total. The van der Waals surface area contributed by atoms with Crippen LogP contribution in [0.3, 0.4) is 0 Å². The number of amides is 1. The van der Waals surface area contributed by atoms with Crippen molar-refractivity contribution < 1.29 is 19.1 Å². The van der Waals surface area contributed by atoms with Gasteiger partial charge in [-0.15, -0.1) is 0 Å². The monoisotopic (exact) mass is 316 g/mol. The molecule has 23 heavy (non-hydrogen) atoms. The van der Waals surface area contributed by atoms with Crippen LogP contribution in [-0.2, 0) is 16.1 Å². The predicted octanol–water partition coefficient (Wildman–Crippen LogP) is 2.42. The Morgan fingerprint density at radius 3 is 2.74 bits per heavy atom. The van der Waals surface area contributed by atoms with Crippen molar-refractivity contribution in [3.8, 4) is 0 Å². The highest BCUT2D eigenvalue weighted by molar-refractivity contribution is 5.81. The van der Waals surface area contributed by atoms with Crippen LogP contribution in [0.25, 0.3) is 0 Å². The second-order valence-corrected chi connectivity index (χ2v) is 5.56. The molecule has 0 spiro atoms. The first-order valence-corrected chi connectivity index (χ1v) is 7.48. The van der Waals surface area contributed by atoms with E-state index in [1.807, 2.05) is 22.9 Å². The van der Waals surface area contributed by atoms with Gasteiger partial charge in [-0.1, -0.05) is 12.1 Å². The molecule has 3 rings (SSSR count). The van der Waals surface area contributed by atoms with Crippen molar-refractivity contribution >= 4 is 11.9 Å². The molecule has 2 heterocycles. The molecule has 0 saturated heterocycles. The number of hydrogen-bond donors (Lipinski definition) is 1. The number of aliphatic carboxylic acids is 1. The van der Waals surface area contributed by atoms with Crippen LogP contribution < -0.4 is 0 Å². The van der Waals surface area contributed by atoms with Crippen LogP contribution in [0.15, 0.2) is 42.6 Å². The molecule has 0 fully saturated rings. The van der Waals surface area contributed by atoms with Crippen molar-refractivity contribution in [2.24, 2.45) is 0 Å². The molecule has 1 aromatic heterocycles. The molecule has 0 aliphatic carbocycles. The molecular formula is C17H17FN2O3. The zero-order valence-electron chi connectivity index (χ0n) is 12.5. The average molecular weight is 316 g/mol. The van der Waals surface area contributed by atoms with Gasteiger partial charge < -0.3 is 14.6 Å². The first-order valence-electron chi connectivity index (χ1n) is 7.48. The number of fused-ring (bicyclic) bond motifs is 1. The summed E-state index contributed by atoms with van der Waals surface area (Å²) in [5.74, 6) is -1.58. The molecule has 6 heteroatoms. The molecule has 1 N–H and O–H groups in total. The summed E-state index contributed by atoms with van der Waals surface area (Å²) in [7, 11) is 0. The van der Waals surface area contributed by atoms with Gasteiger partial charge in [-0.2, -0.15) is 0 Å². The summed E-state index contributed by atoms with van der Waals surface area (Å²) in [5, 5.41) is 8.78. The van der Waals surface area contributed by atoms with Gasteiger partial charge in [-0.05, 0) is 29.8 Å². The van der Waals surface area contributed by atoms with E-state index in [0.717, 1.165) is 5.69 Å². The lowest BCUT2D eigenvalue weighted by atomic mass is 9.99. The van der Waals surface area contributed by atoms with Crippen molar-refractivity contribution in [3.63, 3.8) is 0 Å². The topological polar surface area (TPSA) is 62.5 Å². The van der Waals surface area contributed by atoms with Crippen LogP contribution in [0, 0.1) is 5.82 Å². The Balaban J connectivity index is 1.95. The third-order valence-electron chi connectivity index (χ3n) is 4.08. The number of rotatable bonds is 4. The largest absolute Gasteiger partial charge is 0.481 e. The van der Waals surface area contributed by atoms with E-state index in [4.69, 9.17) is 5.11 Å². The van der Waals surface area contributed by atoms with Gasteiger partial charge in [0.15, 0.2) is 0 Å². The van der Waals surface area contributed by atoms with E-state index >= 15 is 0 Å². The Bertz CT molecular complexity index is 741. The normalized spacial score (nSPS) is 16.9. The van der Waals surface area contributed by atoms with E-state index in [-0.39, 0.29) is 24.6 Å². The van der Waals surface area contributed by atoms with Crippen LogP contribution in [0.1, 0.15) is 30.1 Å². The third-order valence-corrected chi connectivity index (χ3v) is 4.08. The summed E-state index contributed by atoms with van der Waals surface area (Å²) in [4.78, 5) is 24.8. The summed E-state index contributed by atoms with van der Waals surface area (Å²) in [6, 6.07) is 9.60. The Labute approximate surface area is 132 Å². The molecule has 0 radical (unpaired) electrons. The number of nitrogens with zero attached hydrogens (tertiary/aromatic N) is 2. The van der Waals surface area contributed by atoms with Gasteiger partial charge in [0.05, 0.1) is 12.5 Å². The first-order chi connectivity index (χ1) is 11.1. The Morgan fingerprint density at radius 2 is 2.00 bits per heavy atom. The van der Waals surface area contributed by atoms with E-state index < -0.39 is 12.0 Å². The second-order valence-electron chi connectivity index (χ2n) is 5.56. The number of carbonyl (C=O) groups excluding carboxylic acids is 1. The molecule has 0 saturated carbocycles. The fraction of sp³-hybridized carbons (Fsp3) is 0.294. The highest BCUT2D eigenvalue weighted by atomic mass is 19.1. The fourth-order valence-corrected chi connectivity index (χ4v) is 3.04. The van der Waals surface area contributed by atoms with Crippen molar-refractivity contribution in [2.45, 2.75) is 25.4 Å². The zero-order valence-corrected chi connectivity index (χ0v) is 12.5. The van der Waals surface area contributed by atoms with Gasteiger partial charge in [0.25, 0.3) is 0 Å². The maximum atomic E-state index is 13.6. The maximum Gasteiger partial charge on any atom is 0.303 e. The Hall–Kier alpha value is -2.63. The van der Waals surface area contributed by atoms with E-state index in [1.165, 1.54) is 12.1 Å². The van der Waals surface area contributed by atoms with Gasteiger partial charge in [0, 0.05) is 31.4 Å². The minimum atomic E-state index is -0.999. The zero-order chi connectivity index (χ0) is 16.4. The molecule has 0 unspecified atom stereocenters. The first kappa shape index (κ1) is 15.3. The summed E-state index contributed by atoms with van der Waals surface area (Å²) in [5.41, 5.74) is 1.60. The summed E-state index contributed by atoms with van der Waals surface area (Å²) in [6.07, 6.45) is 1.68. The van der Waals surface area contributed by atoms with Crippen LogP contribution in [0.5, 0.6) is 0 Å². The van der Waals surface area contributed by atoms with E-state index in [0.29, 0.717) is 18.7 Å². The highest BCUT2D eigenvalue weighted by Crippen LogP contribution is 2.33. The second kappa shape index (κ2) is 6.24. The minimum absolute atomic E-state index is 0.0537. The lowest BCUT2D eigenvalue weighted by Gasteiger charge is -2.37. The SMILES string of the molecule is O=C(O)CCC(=O)N1CCn2cccc2[C@@H]1c1cccc(F)c1. The van der Waals surface area contributed by atoms with Gasteiger partial charge in [-0.3, -0.25) is 9.59 Å². The maximum absolute atomic E-state index is 13.6. The van der Waals surface area contributed by atoms with Gasteiger partial charge in [0.2, 0.25) is 5.91 Å². The summed E-state index contributed by atoms with van der Waals surface area (Å²) >= 11 is 0. The van der Waals surface area contributed by atoms with Crippen molar-refractivity contribution in [3.05, 3.63) is 59.7 Å². The van der Waals surface area contributed by atoms with Crippen LogP contribution in [0.2, 0.25) is 0 Å². The van der Waals surface area contributed by atoms with E-state index in [2.05, 4.69) is 0 Å².